The van der Waals surface area contributed by atoms with E-state index in [4.69, 9.17) is 5.11 Å². The van der Waals surface area contributed by atoms with Gasteiger partial charge in [-0.25, -0.2) is 8.78 Å². The summed E-state index contributed by atoms with van der Waals surface area (Å²) >= 11 is 0. The van der Waals surface area contributed by atoms with Gasteiger partial charge >= 0.3 is 0 Å². The van der Waals surface area contributed by atoms with Crippen LogP contribution >= 0.6 is 0 Å². The van der Waals surface area contributed by atoms with Crippen molar-refractivity contribution in [2.75, 3.05) is 5.32 Å². The third-order valence-corrected chi connectivity index (χ3v) is 2.52. The molecular formula is C13H12F2N2O2. The normalized spacial score (nSPS) is 10.7. The number of carbonyl (C=O) groups is 1. The Morgan fingerprint density at radius 2 is 1.95 bits per heavy atom. The second-order valence-electron chi connectivity index (χ2n) is 3.94. The highest BCUT2D eigenvalue weighted by molar-refractivity contribution is 6.03. The minimum atomic E-state index is -2.52. The minimum absolute atomic E-state index is 0.0825. The van der Waals surface area contributed by atoms with Gasteiger partial charge in [0, 0.05) is 11.9 Å². The molecule has 2 aromatic rings. The van der Waals surface area contributed by atoms with E-state index in [1.165, 1.54) is 47.2 Å². The number of benzene rings is 1. The van der Waals surface area contributed by atoms with E-state index in [-0.39, 0.29) is 11.4 Å². The SMILES string of the molecule is O=C(Nc1ccc(O)cc1)c1cccn1CC(F)F. The van der Waals surface area contributed by atoms with Crippen LogP contribution in [0.4, 0.5) is 14.5 Å². The second kappa shape index (κ2) is 5.51. The van der Waals surface area contributed by atoms with E-state index in [9.17, 15) is 13.6 Å². The van der Waals surface area contributed by atoms with Crippen molar-refractivity contribution in [3.63, 3.8) is 0 Å². The Balaban J connectivity index is 2.11. The lowest BCUT2D eigenvalue weighted by Crippen LogP contribution is -2.18. The van der Waals surface area contributed by atoms with Crippen LogP contribution in [0.1, 0.15) is 10.5 Å². The number of phenols is 1. The molecule has 0 aliphatic heterocycles. The predicted octanol–water partition coefficient (Wildman–Crippen LogP) is 2.71. The summed E-state index contributed by atoms with van der Waals surface area (Å²) < 4.78 is 25.9. The topological polar surface area (TPSA) is 54.3 Å². The summed E-state index contributed by atoms with van der Waals surface area (Å²) in [5.74, 6) is -0.393. The van der Waals surface area contributed by atoms with Gasteiger partial charge in [0.15, 0.2) is 0 Å². The number of rotatable bonds is 4. The molecule has 0 aliphatic rings. The number of nitrogens with one attached hydrogen (secondary N) is 1. The quantitative estimate of drug-likeness (QED) is 0.836. The lowest BCUT2D eigenvalue weighted by molar-refractivity contribution is 0.0997. The van der Waals surface area contributed by atoms with Crippen molar-refractivity contribution in [3.05, 3.63) is 48.3 Å². The van der Waals surface area contributed by atoms with E-state index in [0.29, 0.717) is 5.69 Å². The van der Waals surface area contributed by atoms with Gasteiger partial charge in [0.05, 0.1) is 6.54 Å². The maximum atomic E-state index is 12.3. The van der Waals surface area contributed by atoms with Crippen LogP contribution in [0.3, 0.4) is 0 Å². The molecule has 0 saturated carbocycles. The fourth-order valence-electron chi connectivity index (χ4n) is 1.67. The maximum absolute atomic E-state index is 12.3. The fraction of sp³-hybridized carbons (Fsp3) is 0.154. The van der Waals surface area contributed by atoms with Gasteiger partial charge in [0.1, 0.15) is 11.4 Å². The van der Waals surface area contributed by atoms with Gasteiger partial charge in [0.2, 0.25) is 0 Å². The molecular weight excluding hydrogens is 254 g/mol. The van der Waals surface area contributed by atoms with Crippen LogP contribution in [-0.2, 0) is 6.54 Å². The molecule has 100 valence electrons. The number of alkyl halides is 2. The van der Waals surface area contributed by atoms with Crippen LogP contribution in [0.15, 0.2) is 42.6 Å². The van der Waals surface area contributed by atoms with Crippen LogP contribution in [0.5, 0.6) is 5.75 Å². The number of phenolic OH excluding ortho intramolecular Hbond substituents is 1. The van der Waals surface area contributed by atoms with Gasteiger partial charge in [-0.15, -0.1) is 0 Å². The summed E-state index contributed by atoms with van der Waals surface area (Å²) in [6.45, 7) is -0.522. The van der Waals surface area contributed by atoms with Gasteiger partial charge < -0.3 is 15.0 Å². The summed E-state index contributed by atoms with van der Waals surface area (Å²) in [4.78, 5) is 11.9. The number of halogens is 2. The molecule has 0 fully saturated rings. The number of hydrogen-bond donors (Lipinski definition) is 2. The number of aromatic hydroxyl groups is 1. The van der Waals surface area contributed by atoms with Gasteiger partial charge in [-0.05, 0) is 36.4 Å². The maximum Gasteiger partial charge on any atom is 0.272 e. The Bertz CT molecular complexity index is 564. The minimum Gasteiger partial charge on any atom is -0.508 e. The number of carbonyl (C=O) groups excluding carboxylic acids is 1. The standard InChI is InChI=1S/C13H12F2N2O2/c14-12(15)8-17-7-1-2-11(17)13(19)16-9-3-5-10(18)6-4-9/h1-7,12,18H,8H2,(H,16,19). The summed E-state index contributed by atoms with van der Waals surface area (Å²) in [7, 11) is 0. The van der Waals surface area contributed by atoms with Crippen molar-refractivity contribution in [2.45, 2.75) is 13.0 Å². The van der Waals surface area contributed by atoms with Crippen molar-refractivity contribution in [1.29, 1.82) is 0 Å². The average molecular weight is 266 g/mol. The number of amides is 1. The highest BCUT2D eigenvalue weighted by Crippen LogP contribution is 2.15. The molecule has 1 aromatic carbocycles. The summed E-state index contributed by atoms with van der Waals surface area (Å²) in [6.07, 6.45) is -1.09. The molecule has 2 N–H and O–H groups in total. The first-order chi connectivity index (χ1) is 9.06. The third-order valence-electron chi connectivity index (χ3n) is 2.52. The highest BCUT2D eigenvalue weighted by Gasteiger charge is 2.13. The molecule has 1 amide bonds. The molecule has 0 bridgehead atoms. The molecule has 0 saturated heterocycles. The molecule has 0 unspecified atom stereocenters. The third kappa shape index (κ3) is 3.31. The van der Waals surface area contributed by atoms with Gasteiger partial charge in [-0.3, -0.25) is 4.79 Å². The molecule has 0 spiro atoms. The van der Waals surface area contributed by atoms with Crippen LogP contribution in [0.25, 0.3) is 0 Å². The lowest BCUT2D eigenvalue weighted by Gasteiger charge is -2.09. The number of hydrogen-bond acceptors (Lipinski definition) is 2. The molecule has 2 rings (SSSR count). The molecule has 6 heteroatoms. The second-order valence-corrected chi connectivity index (χ2v) is 3.94. The lowest BCUT2D eigenvalue weighted by atomic mass is 10.3. The van der Waals surface area contributed by atoms with Gasteiger partial charge in [-0.2, -0.15) is 0 Å². The first-order valence-electron chi connectivity index (χ1n) is 5.60. The van der Waals surface area contributed by atoms with Gasteiger partial charge in [0.25, 0.3) is 12.3 Å². The fourth-order valence-corrected chi connectivity index (χ4v) is 1.67. The van der Waals surface area contributed by atoms with Crippen LogP contribution < -0.4 is 5.32 Å². The van der Waals surface area contributed by atoms with Crippen LogP contribution in [-0.4, -0.2) is 22.0 Å². The molecule has 1 aromatic heterocycles. The zero-order chi connectivity index (χ0) is 13.8. The Hall–Kier alpha value is -2.37. The Labute approximate surface area is 108 Å². The van der Waals surface area contributed by atoms with Crippen molar-refractivity contribution >= 4 is 11.6 Å². The van der Waals surface area contributed by atoms with E-state index in [2.05, 4.69) is 5.32 Å². The van der Waals surface area contributed by atoms with Crippen molar-refractivity contribution in [3.8, 4) is 5.75 Å². The predicted molar refractivity (Wildman–Crippen MR) is 66.5 cm³/mol. The van der Waals surface area contributed by atoms with Crippen molar-refractivity contribution in [2.24, 2.45) is 0 Å². The van der Waals surface area contributed by atoms with Crippen molar-refractivity contribution in [1.82, 2.24) is 4.57 Å². The van der Waals surface area contributed by atoms with E-state index >= 15 is 0 Å². The van der Waals surface area contributed by atoms with Crippen LogP contribution in [0, 0.1) is 0 Å². The Morgan fingerprint density at radius 1 is 1.26 bits per heavy atom. The molecule has 0 atom stereocenters. The molecule has 4 nitrogen and oxygen atoms in total. The molecule has 19 heavy (non-hydrogen) atoms. The monoisotopic (exact) mass is 266 g/mol. The Morgan fingerprint density at radius 3 is 2.58 bits per heavy atom. The smallest absolute Gasteiger partial charge is 0.272 e. The number of anilines is 1. The van der Waals surface area contributed by atoms with Gasteiger partial charge in [-0.1, -0.05) is 0 Å². The average Bonchev–Trinajstić information content (AvgIpc) is 2.79. The first kappa shape index (κ1) is 13.1. The van der Waals surface area contributed by atoms with Crippen LogP contribution in [0.2, 0.25) is 0 Å². The first-order valence-corrected chi connectivity index (χ1v) is 5.60. The largest absolute Gasteiger partial charge is 0.508 e. The van der Waals surface area contributed by atoms with Crippen molar-refractivity contribution < 1.29 is 18.7 Å². The number of aromatic nitrogens is 1. The summed E-state index contributed by atoms with van der Waals surface area (Å²) in [5, 5.41) is 11.7. The molecule has 1 heterocycles. The van der Waals surface area contributed by atoms with E-state index in [1.807, 2.05) is 0 Å². The molecule has 0 radical (unpaired) electrons. The summed E-state index contributed by atoms with van der Waals surface area (Å²) in [6, 6.07) is 8.90. The zero-order valence-corrected chi connectivity index (χ0v) is 9.88. The van der Waals surface area contributed by atoms with E-state index in [0.717, 1.165) is 0 Å². The van der Waals surface area contributed by atoms with E-state index in [1.54, 1.807) is 0 Å². The zero-order valence-electron chi connectivity index (χ0n) is 9.88. The Kier molecular flexibility index (Phi) is 3.79. The highest BCUT2D eigenvalue weighted by atomic mass is 19.3. The summed E-state index contributed by atoms with van der Waals surface area (Å²) in [5.41, 5.74) is 0.640. The van der Waals surface area contributed by atoms with E-state index < -0.39 is 18.9 Å². The molecule has 0 aliphatic carbocycles. The number of nitrogens with zero attached hydrogens (tertiary/aromatic N) is 1.